The van der Waals surface area contributed by atoms with E-state index in [0.29, 0.717) is 32.8 Å². The van der Waals surface area contributed by atoms with Gasteiger partial charge in [0.2, 0.25) is 0 Å². The molecular formula is C25H30IN3O6. The maximum absolute atomic E-state index is 12.7. The molecule has 2 aromatic rings. The second-order valence-corrected chi connectivity index (χ2v) is 8.81. The van der Waals surface area contributed by atoms with Gasteiger partial charge in [0.25, 0.3) is 11.8 Å². The minimum absolute atomic E-state index is 0.154. The van der Waals surface area contributed by atoms with Crippen LogP contribution in [0, 0.1) is 9.49 Å². The fraction of sp³-hybridized carbons (Fsp3) is 0.360. The number of hydrogen-bond donors (Lipinski definition) is 2. The molecule has 0 fully saturated rings. The Hall–Kier alpha value is -3.15. The SMILES string of the molecule is CCOC(=O)COc1c(I)cc(/C=N/NC(=O)C(NC(=O)c2ccccc2)C(C)C)cc1OCC. The fourth-order valence-electron chi connectivity index (χ4n) is 2.99. The van der Waals surface area contributed by atoms with Crippen molar-refractivity contribution in [1.82, 2.24) is 10.7 Å². The highest BCUT2D eigenvalue weighted by molar-refractivity contribution is 14.1. The van der Waals surface area contributed by atoms with Crippen molar-refractivity contribution in [3.8, 4) is 11.5 Å². The third-order valence-corrected chi connectivity index (χ3v) is 5.43. The molecule has 0 radical (unpaired) electrons. The van der Waals surface area contributed by atoms with Gasteiger partial charge in [-0.05, 0) is 72.2 Å². The lowest BCUT2D eigenvalue weighted by Crippen LogP contribution is -2.48. The van der Waals surface area contributed by atoms with Crippen molar-refractivity contribution in [1.29, 1.82) is 0 Å². The predicted octanol–water partition coefficient (Wildman–Crippen LogP) is 3.54. The highest BCUT2D eigenvalue weighted by atomic mass is 127. The molecule has 2 aromatic carbocycles. The molecular weight excluding hydrogens is 565 g/mol. The molecule has 0 spiro atoms. The molecule has 0 saturated carbocycles. The Balaban J connectivity index is 2.09. The summed E-state index contributed by atoms with van der Waals surface area (Å²) in [4.78, 5) is 36.8. The van der Waals surface area contributed by atoms with E-state index in [0.717, 1.165) is 0 Å². The van der Waals surface area contributed by atoms with E-state index in [2.05, 4.69) is 38.4 Å². The van der Waals surface area contributed by atoms with Gasteiger partial charge in [-0.1, -0.05) is 32.0 Å². The summed E-state index contributed by atoms with van der Waals surface area (Å²) in [5, 5.41) is 6.80. The molecule has 0 aliphatic heterocycles. The minimum atomic E-state index is -0.766. The van der Waals surface area contributed by atoms with Gasteiger partial charge in [-0.25, -0.2) is 10.2 Å². The lowest BCUT2D eigenvalue weighted by atomic mass is 10.0. The van der Waals surface area contributed by atoms with Gasteiger partial charge in [-0.2, -0.15) is 5.10 Å². The molecule has 0 saturated heterocycles. The van der Waals surface area contributed by atoms with Gasteiger partial charge >= 0.3 is 5.97 Å². The summed E-state index contributed by atoms with van der Waals surface area (Å²) >= 11 is 2.07. The molecule has 188 valence electrons. The predicted molar refractivity (Wildman–Crippen MR) is 141 cm³/mol. The van der Waals surface area contributed by atoms with Crippen molar-refractivity contribution < 1.29 is 28.6 Å². The maximum atomic E-state index is 12.7. The van der Waals surface area contributed by atoms with Crippen LogP contribution in [0.2, 0.25) is 0 Å². The first-order valence-electron chi connectivity index (χ1n) is 11.2. The van der Waals surface area contributed by atoms with Crippen LogP contribution < -0.4 is 20.2 Å². The number of rotatable bonds is 12. The van der Waals surface area contributed by atoms with Gasteiger partial charge < -0.3 is 19.5 Å². The number of carbonyl (C=O) groups excluding carboxylic acids is 3. The van der Waals surface area contributed by atoms with Crippen LogP contribution >= 0.6 is 22.6 Å². The van der Waals surface area contributed by atoms with E-state index in [4.69, 9.17) is 14.2 Å². The monoisotopic (exact) mass is 595 g/mol. The lowest BCUT2D eigenvalue weighted by Gasteiger charge is -2.20. The number of esters is 1. The number of ether oxygens (including phenoxy) is 3. The number of nitrogens with zero attached hydrogens (tertiary/aromatic N) is 1. The van der Waals surface area contributed by atoms with Gasteiger partial charge in [0.15, 0.2) is 18.1 Å². The first-order valence-corrected chi connectivity index (χ1v) is 12.3. The number of nitrogens with one attached hydrogen (secondary N) is 2. The Morgan fingerprint density at radius 1 is 1.06 bits per heavy atom. The number of halogens is 1. The molecule has 1 unspecified atom stereocenters. The van der Waals surface area contributed by atoms with Crippen molar-refractivity contribution in [3.05, 3.63) is 57.2 Å². The van der Waals surface area contributed by atoms with Crippen LogP contribution in [0.3, 0.4) is 0 Å². The second-order valence-electron chi connectivity index (χ2n) is 7.65. The fourth-order valence-corrected chi connectivity index (χ4v) is 3.77. The molecule has 9 nitrogen and oxygen atoms in total. The van der Waals surface area contributed by atoms with Crippen LogP contribution in [0.1, 0.15) is 43.6 Å². The standard InChI is InChI=1S/C25H30IN3O6/c1-5-33-20-13-17(12-19(26)23(20)35-15-21(30)34-6-2)14-27-29-25(32)22(16(3)4)28-24(31)18-10-8-7-9-11-18/h7-14,16,22H,5-6,15H2,1-4H3,(H,28,31)(H,29,32)/b27-14+. The van der Waals surface area contributed by atoms with Crippen molar-refractivity contribution >= 4 is 46.6 Å². The number of hydrogen-bond acceptors (Lipinski definition) is 7. The topological polar surface area (TPSA) is 115 Å². The number of carbonyl (C=O) groups is 3. The first-order chi connectivity index (χ1) is 16.8. The summed E-state index contributed by atoms with van der Waals surface area (Å²) in [5.74, 6) is -0.540. The van der Waals surface area contributed by atoms with Crippen LogP contribution in [0.4, 0.5) is 0 Å². The summed E-state index contributed by atoms with van der Waals surface area (Å²) in [6.07, 6.45) is 1.47. The van der Waals surface area contributed by atoms with Gasteiger partial charge in [-0.15, -0.1) is 0 Å². The average molecular weight is 595 g/mol. The normalized spacial score (nSPS) is 11.7. The van der Waals surface area contributed by atoms with E-state index >= 15 is 0 Å². The highest BCUT2D eigenvalue weighted by Gasteiger charge is 2.24. The molecule has 2 rings (SSSR count). The maximum Gasteiger partial charge on any atom is 0.344 e. The van der Waals surface area contributed by atoms with Gasteiger partial charge in [0, 0.05) is 5.56 Å². The molecule has 35 heavy (non-hydrogen) atoms. The van der Waals surface area contributed by atoms with Gasteiger partial charge in [0.1, 0.15) is 6.04 Å². The smallest absolute Gasteiger partial charge is 0.344 e. The summed E-state index contributed by atoms with van der Waals surface area (Å²) < 4.78 is 16.8. The molecule has 10 heteroatoms. The zero-order valence-electron chi connectivity index (χ0n) is 20.2. The Labute approximate surface area is 218 Å². The van der Waals surface area contributed by atoms with E-state index in [1.54, 1.807) is 43.3 Å². The summed E-state index contributed by atoms with van der Waals surface area (Å²) in [6, 6.07) is 11.4. The van der Waals surface area contributed by atoms with E-state index in [1.165, 1.54) is 6.21 Å². The molecule has 0 aliphatic carbocycles. The van der Waals surface area contributed by atoms with Gasteiger partial charge in [-0.3, -0.25) is 9.59 Å². The molecule has 2 amide bonds. The number of benzene rings is 2. The quantitative estimate of drug-likeness (QED) is 0.168. The van der Waals surface area contributed by atoms with E-state index in [-0.39, 0.29) is 25.0 Å². The van der Waals surface area contributed by atoms with Crippen molar-refractivity contribution in [2.45, 2.75) is 33.7 Å². The summed E-state index contributed by atoms with van der Waals surface area (Å²) in [5.41, 5.74) is 3.61. The lowest BCUT2D eigenvalue weighted by molar-refractivity contribution is -0.145. The van der Waals surface area contributed by atoms with E-state index < -0.39 is 17.9 Å². The third kappa shape index (κ3) is 8.85. The van der Waals surface area contributed by atoms with Crippen LogP contribution in [-0.2, 0) is 14.3 Å². The number of hydrazone groups is 1. The summed E-state index contributed by atoms with van der Waals surface area (Å²) in [6.45, 7) is 7.65. The molecule has 1 atom stereocenters. The molecule has 0 bridgehead atoms. The molecule has 0 aromatic heterocycles. The largest absolute Gasteiger partial charge is 0.490 e. The molecule has 0 heterocycles. The highest BCUT2D eigenvalue weighted by Crippen LogP contribution is 2.34. The average Bonchev–Trinajstić information content (AvgIpc) is 2.82. The zero-order chi connectivity index (χ0) is 25.8. The Bertz CT molecular complexity index is 1040. The minimum Gasteiger partial charge on any atom is -0.490 e. The zero-order valence-corrected chi connectivity index (χ0v) is 22.3. The number of amides is 2. The molecule has 0 aliphatic rings. The van der Waals surface area contributed by atoms with Crippen LogP contribution in [0.25, 0.3) is 0 Å². The van der Waals surface area contributed by atoms with Crippen LogP contribution in [-0.4, -0.2) is 49.9 Å². The van der Waals surface area contributed by atoms with Crippen LogP contribution in [0.5, 0.6) is 11.5 Å². The van der Waals surface area contributed by atoms with E-state index in [9.17, 15) is 14.4 Å². The Morgan fingerprint density at radius 3 is 2.40 bits per heavy atom. The van der Waals surface area contributed by atoms with Crippen molar-refractivity contribution in [2.24, 2.45) is 11.0 Å². The van der Waals surface area contributed by atoms with Gasteiger partial charge in [0.05, 0.1) is 23.0 Å². The summed E-state index contributed by atoms with van der Waals surface area (Å²) in [7, 11) is 0. The Kier molecular flexibility index (Phi) is 11.5. The second kappa shape index (κ2) is 14.3. The van der Waals surface area contributed by atoms with E-state index in [1.807, 2.05) is 26.8 Å². The Morgan fingerprint density at radius 2 is 1.77 bits per heavy atom. The first kappa shape index (κ1) is 28.1. The van der Waals surface area contributed by atoms with Crippen molar-refractivity contribution in [3.63, 3.8) is 0 Å². The molecule has 2 N–H and O–H groups in total. The van der Waals surface area contributed by atoms with Crippen LogP contribution in [0.15, 0.2) is 47.6 Å². The van der Waals surface area contributed by atoms with Crippen molar-refractivity contribution in [2.75, 3.05) is 19.8 Å². The third-order valence-electron chi connectivity index (χ3n) is 4.63.